The van der Waals surface area contributed by atoms with Crippen LogP contribution in [0.2, 0.25) is 5.02 Å². The molecule has 2 heterocycles. The number of rotatable bonds is 11. The van der Waals surface area contributed by atoms with Gasteiger partial charge in [0.05, 0.1) is 45.9 Å². The molecule has 0 aliphatic rings. The number of alkyl halides is 3. The monoisotopic (exact) mass is 825 g/mol. The lowest BCUT2D eigenvalue weighted by atomic mass is 9.93. The molecule has 0 spiro atoms. The van der Waals surface area contributed by atoms with E-state index in [2.05, 4.69) is 27.2 Å². The maximum absolute atomic E-state index is 14.2. The Morgan fingerprint density at radius 1 is 1.04 bits per heavy atom. The van der Waals surface area contributed by atoms with Crippen LogP contribution in [0.3, 0.4) is 0 Å². The van der Waals surface area contributed by atoms with Gasteiger partial charge in [-0.25, -0.2) is 39.6 Å². The molecule has 2 aromatic carbocycles. The van der Waals surface area contributed by atoms with Crippen molar-refractivity contribution in [1.82, 2.24) is 20.1 Å². The lowest BCUT2D eigenvalue weighted by Gasteiger charge is -2.21. The maximum atomic E-state index is 14.2. The number of aromatic nitrogens is 3. The van der Waals surface area contributed by atoms with Crippen LogP contribution in [0.15, 0.2) is 42.5 Å². The first-order valence-electron chi connectivity index (χ1n) is 14.8. The Morgan fingerprint density at radius 2 is 1.62 bits per heavy atom. The van der Waals surface area contributed by atoms with Crippen LogP contribution in [-0.2, 0) is 44.1 Å². The first kappa shape index (κ1) is 41.4. The van der Waals surface area contributed by atoms with Crippen LogP contribution in [0.4, 0.5) is 32.6 Å². The van der Waals surface area contributed by atoms with Crippen LogP contribution in [0.1, 0.15) is 36.8 Å². The Labute approximate surface area is 307 Å². The number of carboxylic acid groups (broad SMARTS) is 1. The number of fused-ring (bicyclic) bond motifs is 1. The molecule has 286 valence electrons. The van der Waals surface area contributed by atoms with Crippen molar-refractivity contribution >= 4 is 65.5 Å². The smallest absolute Gasteiger partial charge is 0.408 e. The molecule has 2 atom stereocenters. The highest BCUT2D eigenvalue weighted by Gasteiger charge is 2.37. The van der Waals surface area contributed by atoms with Gasteiger partial charge in [0.15, 0.2) is 16.9 Å². The summed E-state index contributed by atoms with van der Waals surface area (Å²) in [6.45, 7) is 1.22. The number of halogens is 6. The summed E-state index contributed by atoms with van der Waals surface area (Å²) in [7, 11) is -9.54. The van der Waals surface area contributed by atoms with Crippen molar-refractivity contribution in [3.05, 3.63) is 76.1 Å². The van der Waals surface area contributed by atoms with Crippen molar-refractivity contribution in [2.24, 2.45) is 5.41 Å². The third-order valence-corrected chi connectivity index (χ3v) is 11.6. The second-order valence-corrected chi connectivity index (χ2v) is 17.6. The Balaban J connectivity index is 2.15. The fourth-order valence-corrected chi connectivity index (χ4v) is 9.17. The van der Waals surface area contributed by atoms with Gasteiger partial charge in [-0.3, -0.25) is 4.68 Å². The van der Waals surface area contributed by atoms with Gasteiger partial charge in [-0.05, 0) is 62.1 Å². The molecular weight excluding hydrogens is 797 g/mol. The summed E-state index contributed by atoms with van der Waals surface area (Å²) in [6, 6.07) is 5.74. The van der Waals surface area contributed by atoms with Crippen LogP contribution >= 0.6 is 11.6 Å². The molecule has 0 saturated heterocycles. The maximum Gasteiger partial charge on any atom is 0.408 e. The average molecular weight is 826 g/mol. The molecule has 13 nitrogen and oxygen atoms in total. The van der Waals surface area contributed by atoms with Gasteiger partial charge < -0.3 is 15.0 Å². The summed E-state index contributed by atoms with van der Waals surface area (Å²) in [5.74, 6) is 2.22. The third kappa shape index (κ3) is 10.4. The van der Waals surface area contributed by atoms with Crippen molar-refractivity contribution in [3.8, 4) is 23.0 Å². The van der Waals surface area contributed by atoms with Crippen molar-refractivity contribution in [3.63, 3.8) is 0 Å². The quantitative estimate of drug-likeness (QED) is 0.0995. The van der Waals surface area contributed by atoms with E-state index in [4.69, 9.17) is 11.6 Å². The molecule has 4 aromatic rings. The molecule has 0 aliphatic heterocycles. The van der Waals surface area contributed by atoms with Gasteiger partial charge in [-0.1, -0.05) is 23.6 Å². The van der Waals surface area contributed by atoms with E-state index in [1.165, 1.54) is 18.2 Å². The molecule has 0 bridgehead atoms. The normalized spacial score (nSPS) is 13.6. The highest BCUT2D eigenvalue weighted by molar-refractivity contribution is 8.09. The first-order chi connectivity index (χ1) is 24.3. The number of nitrogens with zero attached hydrogens (tertiary/aromatic N) is 4. The number of hydrogen-bond acceptors (Lipinski definition) is 8. The standard InChI is InChI=1S/C31H29ClF5N5O8S3/c1-30(2,16-51(45)46)10-9-20-5-6-21(26(38-20)24(39-29(43)44)13-17-11-18(33)14-19(34)12-17)22-7-8-23(32)25-27(22)41(15-31(35,36)37)40-28(25)42(52(3,47)48)53(4,49)50/h5-8,11-12,14,24,39H,13,15-16H2,1-4H3,(H,43,44)(H,45,46)/t24-/m0/s1. The van der Waals surface area contributed by atoms with E-state index in [0.717, 1.165) is 18.2 Å². The van der Waals surface area contributed by atoms with Crippen molar-refractivity contribution in [2.75, 3.05) is 22.0 Å². The zero-order valence-electron chi connectivity index (χ0n) is 27.9. The highest BCUT2D eigenvalue weighted by atomic mass is 35.5. The van der Waals surface area contributed by atoms with Crippen molar-refractivity contribution in [1.29, 1.82) is 0 Å². The van der Waals surface area contributed by atoms with E-state index >= 15 is 0 Å². The van der Waals surface area contributed by atoms with Crippen LogP contribution in [0.25, 0.3) is 22.0 Å². The van der Waals surface area contributed by atoms with Crippen molar-refractivity contribution < 1.29 is 57.5 Å². The van der Waals surface area contributed by atoms with E-state index < -0.39 is 101 Å². The summed E-state index contributed by atoms with van der Waals surface area (Å²) in [5, 5.41) is 14.8. The molecule has 1 unspecified atom stereocenters. The molecule has 4 rings (SSSR count). The van der Waals surface area contributed by atoms with Crippen LogP contribution in [-0.4, -0.2) is 76.0 Å². The Kier molecular flexibility index (Phi) is 11.9. The number of anilines is 1. The van der Waals surface area contributed by atoms with Crippen LogP contribution in [0.5, 0.6) is 0 Å². The van der Waals surface area contributed by atoms with Crippen LogP contribution in [0, 0.1) is 28.9 Å². The molecule has 1 amide bonds. The number of benzene rings is 2. The van der Waals surface area contributed by atoms with E-state index in [-0.39, 0.29) is 42.2 Å². The van der Waals surface area contributed by atoms with Gasteiger partial charge in [0.1, 0.15) is 23.9 Å². The van der Waals surface area contributed by atoms with E-state index in [9.17, 15) is 57.5 Å². The lowest BCUT2D eigenvalue weighted by molar-refractivity contribution is -0.141. The predicted molar refractivity (Wildman–Crippen MR) is 186 cm³/mol. The van der Waals surface area contributed by atoms with Gasteiger partial charge in [-0.2, -0.15) is 18.3 Å². The summed E-state index contributed by atoms with van der Waals surface area (Å²) < 4.78 is 142. The van der Waals surface area contributed by atoms with Gasteiger partial charge in [0, 0.05) is 22.6 Å². The predicted octanol–water partition coefficient (Wildman–Crippen LogP) is 5.47. The zero-order chi connectivity index (χ0) is 39.8. The topological polar surface area (TPSA) is 189 Å². The molecule has 53 heavy (non-hydrogen) atoms. The molecular formula is C31H29ClF5N5O8S3. The minimum absolute atomic E-state index is 0.0698. The number of carbonyl (C=O) groups is 1. The highest BCUT2D eigenvalue weighted by Crippen LogP contribution is 2.42. The van der Waals surface area contributed by atoms with E-state index in [1.54, 1.807) is 13.8 Å². The van der Waals surface area contributed by atoms with Gasteiger partial charge >= 0.3 is 12.3 Å². The zero-order valence-corrected chi connectivity index (χ0v) is 31.1. The number of hydrogen-bond donors (Lipinski definition) is 3. The fourth-order valence-electron chi connectivity index (χ4n) is 5.40. The number of sulfonamides is 2. The molecule has 0 aliphatic carbocycles. The number of pyridine rings is 1. The molecule has 0 fully saturated rings. The Hall–Kier alpha value is -4.36. The Bertz CT molecular complexity index is 2360. The molecule has 3 N–H and O–H groups in total. The third-order valence-electron chi connectivity index (χ3n) is 7.15. The summed E-state index contributed by atoms with van der Waals surface area (Å²) >= 11 is 4.18. The lowest BCUT2D eigenvalue weighted by Crippen LogP contribution is -2.36. The van der Waals surface area contributed by atoms with Crippen molar-refractivity contribution in [2.45, 2.75) is 39.0 Å². The van der Waals surface area contributed by atoms with Gasteiger partial charge in [0.25, 0.3) is 0 Å². The largest absolute Gasteiger partial charge is 0.465 e. The molecule has 2 aromatic heterocycles. The molecule has 0 saturated carbocycles. The fraction of sp³-hybridized carbons (Fsp3) is 0.323. The average Bonchev–Trinajstić information content (AvgIpc) is 3.30. The van der Waals surface area contributed by atoms with E-state index in [1.807, 2.05) is 0 Å². The number of amides is 1. The summed E-state index contributed by atoms with van der Waals surface area (Å²) in [4.78, 5) is 16.6. The summed E-state index contributed by atoms with van der Waals surface area (Å²) in [6.07, 6.45) is -6.17. The minimum atomic E-state index is -5.02. The minimum Gasteiger partial charge on any atom is -0.465 e. The molecule has 0 radical (unpaired) electrons. The second-order valence-electron chi connectivity index (χ2n) is 12.4. The summed E-state index contributed by atoms with van der Waals surface area (Å²) in [5.41, 5.74) is -2.36. The molecule has 22 heteroatoms. The van der Waals surface area contributed by atoms with E-state index in [0.29, 0.717) is 18.6 Å². The first-order valence-corrected chi connectivity index (χ1v) is 20.1. The van der Waals surface area contributed by atoms with Gasteiger partial charge in [-0.15, -0.1) is 3.71 Å². The number of nitrogens with one attached hydrogen (secondary N) is 1. The van der Waals surface area contributed by atoms with Gasteiger partial charge in [0.2, 0.25) is 20.0 Å². The SMILES string of the molecule is CC(C)(C#Cc1ccc(-c2ccc(Cl)c3c(N(S(C)(=O)=O)S(C)(=O)=O)nn(CC(F)(F)F)c23)c([C@H](Cc2cc(F)cc(F)c2)NC(=O)O)n1)CS(=O)O. The van der Waals surface area contributed by atoms with Crippen LogP contribution < -0.4 is 9.03 Å². The Morgan fingerprint density at radius 3 is 2.15 bits per heavy atom. The second kappa shape index (κ2) is 15.2.